The molecule has 3 N–H and O–H groups in total. The van der Waals surface area contributed by atoms with Gasteiger partial charge in [-0.05, 0) is 46.0 Å². The molecule has 1 fully saturated rings. The Labute approximate surface area is 104 Å². The van der Waals surface area contributed by atoms with Crippen LogP contribution in [0.2, 0.25) is 0 Å². The molecule has 4 heteroatoms. The maximum Gasteiger partial charge on any atom is 0.0507 e. The van der Waals surface area contributed by atoms with Gasteiger partial charge in [0.15, 0.2) is 0 Å². The fourth-order valence-electron chi connectivity index (χ4n) is 1.85. The van der Waals surface area contributed by atoms with E-state index in [0.29, 0.717) is 5.92 Å². The van der Waals surface area contributed by atoms with Crippen LogP contribution in [0.5, 0.6) is 0 Å². The molecule has 0 saturated carbocycles. The molecule has 3 nitrogen and oxygen atoms in total. The smallest absolute Gasteiger partial charge is 0.0507 e. The van der Waals surface area contributed by atoms with Crippen molar-refractivity contribution in [2.24, 2.45) is 5.92 Å². The molecule has 2 rings (SSSR count). The molecule has 1 aromatic rings. The van der Waals surface area contributed by atoms with E-state index in [1.165, 1.54) is 12.0 Å². The standard InChI is InChI=1S/C12H17BrN2O/c13-11-5-9(1-2-12(11)14)6-15-7-10-3-4-16-8-10/h1-2,5,10,15H,3-4,6-8,14H2. The lowest BCUT2D eigenvalue weighted by atomic mass is 10.1. The van der Waals surface area contributed by atoms with Crippen LogP contribution < -0.4 is 11.1 Å². The summed E-state index contributed by atoms with van der Waals surface area (Å²) in [5.74, 6) is 0.678. The molecule has 1 aromatic carbocycles. The molecule has 88 valence electrons. The van der Waals surface area contributed by atoms with E-state index in [1.54, 1.807) is 0 Å². The largest absolute Gasteiger partial charge is 0.398 e. The minimum atomic E-state index is 0.678. The fraction of sp³-hybridized carbons (Fsp3) is 0.500. The highest BCUT2D eigenvalue weighted by Crippen LogP contribution is 2.20. The van der Waals surface area contributed by atoms with Gasteiger partial charge >= 0.3 is 0 Å². The molecule has 1 aliphatic heterocycles. The van der Waals surface area contributed by atoms with Crippen LogP contribution in [0.25, 0.3) is 0 Å². The molecule has 0 spiro atoms. The number of ether oxygens (including phenoxy) is 1. The Bertz CT molecular complexity index is 351. The number of benzene rings is 1. The van der Waals surface area contributed by atoms with E-state index in [2.05, 4.69) is 33.4 Å². The number of hydrogen-bond donors (Lipinski definition) is 2. The third-order valence-corrected chi connectivity index (χ3v) is 3.54. The van der Waals surface area contributed by atoms with Crippen molar-refractivity contribution in [2.45, 2.75) is 13.0 Å². The van der Waals surface area contributed by atoms with Gasteiger partial charge in [-0.1, -0.05) is 6.07 Å². The zero-order valence-electron chi connectivity index (χ0n) is 9.21. The lowest BCUT2D eigenvalue weighted by Crippen LogP contribution is -2.22. The minimum Gasteiger partial charge on any atom is -0.398 e. The second kappa shape index (κ2) is 5.66. The zero-order valence-corrected chi connectivity index (χ0v) is 10.8. The van der Waals surface area contributed by atoms with Crippen molar-refractivity contribution in [1.82, 2.24) is 5.32 Å². The van der Waals surface area contributed by atoms with Crippen molar-refractivity contribution in [3.63, 3.8) is 0 Å². The molecular weight excluding hydrogens is 268 g/mol. The molecule has 0 radical (unpaired) electrons. The average molecular weight is 285 g/mol. The van der Waals surface area contributed by atoms with Crippen molar-refractivity contribution < 1.29 is 4.74 Å². The van der Waals surface area contributed by atoms with Crippen LogP contribution in [0, 0.1) is 5.92 Å². The van der Waals surface area contributed by atoms with Gasteiger partial charge in [-0.2, -0.15) is 0 Å². The van der Waals surface area contributed by atoms with Gasteiger partial charge in [0.25, 0.3) is 0 Å². The average Bonchev–Trinajstić information content (AvgIpc) is 2.76. The van der Waals surface area contributed by atoms with Gasteiger partial charge in [-0.3, -0.25) is 0 Å². The van der Waals surface area contributed by atoms with E-state index < -0.39 is 0 Å². The van der Waals surface area contributed by atoms with Gasteiger partial charge in [0.1, 0.15) is 0 Å². The molecular formula is C12H17BrN2O. The Hall–Kier alpha value is -0.580. The topological polar surface area (TPSA) is 47.3 Å². The third-order valence-electron chi connectivity index (χ3n) is 2.85. The third kappa shape index (κ3) is 3.20. The normalized spacial score (nSPS) is 20.2. The van der Waals surface area contributed by atoms with E-state index in [9.17, 15) is 0 Å². The van der Waals surface area contributed by atoms with E-state index in [-0.39, 0.29) is 0 Å². The van der Waals surface area contributed by atoms with Gasteiger partial charge in [0.05, 0.1) is 6.61 Å². The fourth-order valence-corrected chi connectivity index (χ4v) is 2.27. The number of nitrogen functional groups attached to an aromatic ring is 1. The molecule has 16 heavy (non-hydrogen) atoms. The van der Waals surface area contributed by atoms with E-state index in [1.807, 2.05) is 6.07 Å². The molecule has 0 aromatic heterocycles. The quantitative estimate of drug-likeness (QED) is 0.833. The maximum atomic E-state index is 5.73. The summed E-state index contributed by atoms with van der Waals surface area (Å²) in [7, 11) is 0. The Morgan fingerprint density at radius 3 is 3.06 bits per heavy atom. The molecule has 1 aliphatic rings. The van der Waals surface area contributed by atoms with Crippen molar-refractivity contribution in [3.05, 3.63) is 28.2 Å². The summed E-state index contributed by atoms with van der Waals surface area (Å²) in [5, 5.41) is 3.45. The molecule has 1 atom stereocenters. The predicted octanol–water partition coefficient (Wildman–Crippen LogP) is 2.16. The Morgan fingerprint density at radius 2 is 2.38 bits per heavy atom. The van der Waals surface area contributed by atoms with Crippen molar-refractivity contribution >= 4 is 21.6 Å². The first-order valence-corrected chi connectivity index (χ1v) is 6.37. The highest BCUT2D eigenvalue weighted by molar-refractivity contribution is 9.10. The first kappa shape index (κ1) is 11.9. The molecule has 1 saturated heterocycles. The van der Waals surface area contributed by atoms with Crippen LogP contribution in [0.4, 0.5) is 5.69 Å². The van der Waals surface area contributed by atoms with E-state index >= 15 is 0 Å². The van der Waals surface area contributed by atoms with Crippen LogP contribution >= 0.6 is 15.9 Å². The van der Waals surface area contributed by atoms with Crippen LogP contribution in [0.1, 0.15) is 12.0 Å². The summed E-state index contributed by atoms with van der Waals surface area (Å²) >= 11 is 3.43. The number of nitrogens with two attached hydrogens (primary N) is 1. The van der Waals surface area contributed by atoms with Crippen molar-refractivity contribution in [1.29, 1.82) is 0 Å². The Morgan fingerprint density at radius 1 is 1.50 bits per heavy atom. The molecule has 0 aliphatic carbocycles. The molecule has 1 heterocycles. The number of nitrogens with one attached hydrogen (secondary N) is 1. The van der Waals surface area contributed by atoms with Crippen molar-refractivity contribution in [2.75, 3.05) is 25.5 Å². The maximum absolute atomic E-state index is 5.73. The molecule has 0 amide bonds. The van der Waals surface area contributed by atoms with Gasteiger partial charge < -0.3 is 15.8 Å². The summed E-state index contributed by atoms with van der Waals surface area (Å²) in [4.78, 5) is 0. The Kier molecular flexibility index (Phi) is 4.21. The van der Waals surface area contributed by atoms with Crippen LogP contribution in [0.3, 0.4) is 0 Å². The summed E-state index contributed by atoms with van der Waals surface area (Å²) in [6.07, 6.45) is 1.18. The van der Waals surface area contributed by atoms with Crippen LogP contribution in [-0.4, -0.2) is 19.8 Å². The van der Waals surface area contributed by atoms with Crippen LogP contribution in [-0.2, 0) is 11.3 Å². The monoisotopic (exact) mass is 284 g/mol. The predicted molar refractivity (Wildman–Crippen MR) is 69.2 cm³/mol. The summed E-state index contributed by atoms with van der Waals surface area (Å²) in [6, 6.07) is 6.05. The SMILES string of the molecule is Nc1ccc(CNCC2CCOC2)cc1Br. The van der Waals surface area contributed by atoms with Gasteiger partial charge in [-0.25, -0.2) is 0 Å². The van der Waals surface area contributed by atoms with Gasteiger partial charge in [-0.15, -0.1) is 0 Å². The van der Waals surface area contributed by atoms with Gasteiger partial charge in [0, 0.05) is 29.9 Å². The second-order valence-corrected chi connectivity index (χ2v) is 5.07. The Balaban J connectivity index is 1.78. The first-order valence-electron chi connectivity index (χ1n) is 5.58. The highest BCUT2D eigenvalue weighted by atomic mass is 79.9. The van der Waals surface area contributed by atoms with Gasteiger partial charge in [0.2, 0.25) is 0 Å². The summed E-state index contributed by atoms with van der Waals surface area (Å²) < 4.78 is 6.30. The first-order chi connectivity index (χ1) is 7.75. The highest BCUT2D eigenvalue weighted by Gasteiger charge is 2.14. The lowest BCUT2D eigenvalue weighted by Gasteiger charge is -2.10. The van der Waals surface area contributed by atoms with Crippen LogP contribution in [0.15, 0.2) is 22.7 Å². The van der Waals surface area contributed by atoms with E-state index in [4.69, 9.17) is 10.5 Å². The lowest BCUT2D eigenvalue weighted by molar-refractivity contribution is 0.185. The zero-order chi connectivity index (χ0) is 11.4. The second-order valence-electron chi connectivity index (χ2n) is 4.22. The number of hydrogen-bond acceptors (Lipinski definition) is 3. The van der Waals surface area contributed by atoms with Crippen molar-refractivity contribution in [3.8, 4) is 0 Å². The molecule has 1 unspecified atom stereocenters. The van der Waals surface area contributed by atoms with E-state index in [0.717, 1.165) is 36.5 Å². The number of halogens is 1. The summed E-state index contributed by atoms with van der Waals surface area (Å²) in [6.45, 7) is 3.73. The molecule has 0 bridgehead atoms. The summed E-state index contributed by atoms with van der Waals surface area (Å²) in [5.41, 5.74) is 7.77. The minimum absolute atomic E-state index is 0.678. The number of anilines is 1. The number of rotatable bonds is 4.